The van der Waals surface area contributed by atoms with Gasteiger partial charge in [0.1, 0.15) is 5.76 Å². The Morgan fingerprint density at radius 3 is 2.52 bits per heavy atom. The number of furan rings is 1. The number of halogens is 1. The van der Waals surface area contributed by atoms with Crippen LogP contribution in [0.25, 0.3) is 11.0 Å². The Morgan fingerprint density at radius 1 is 1.14 bits per heavy atom. The van der Waals surface area contributed by atoms with Gasteiger partial charge >= 0.3 is 0 Å². The van der Waals surface area contributed by atoms with Gasteiger partial charge in [-0.25, -0.2) is 4.39 Å². The van der Waals surface area contributed by atoms with Gasteiger partial charge in [-0.3, -0.25) is 0 Å². The van der Waals surface area contributed by atoms with Crippen molar-refractivity contribution in [1.82, 2.24) is 5.32 Å². The maximum Gasteiger partial charge on any atom is 0.169 e. The molecule has 1 heterocycles. The fourth-order valence-corrected chi connectivity index (χ4v) is 3.63. The normalized spacial score (nSPS) is 19.3. The van der Waals surface area contributed by atoms with Crippen LogP contribution in [-0.4, -0.2) is 7.05 Å². The zero-order chi connectivity index (χ0) is 14.7. The van der Waals surface area contributed by atoms with Gasteiger partial charge in [-0.1, -0.05) is 44.2 Å². The molecule has 0 radical (unpaired) electrons. The molecule has 0 bridgehead atoms. The summed E-state index contributed by atoms with van der Waals surface area (Å²) in [4.78, 5) is 0. The molecule has 114 valence electrons. The van der Waals surface area contributed by atoms with Gasteiger partial charge in [0.15, 0.2) is 11.4 Å². The summed E-state index contributed by atoms with van der Waals surface area (Å²) >= 11 is 0. The maximum absolute atomic E-state index is 13.8. The molecule has 1 aliphatic carbocycles. The number of fused-ring (bicyclic) bond motifs is 1. The van der Waals surface area contributed by atoms with Crippen molar-refractivity contribution in [2.45, 2.75) is 51.0 Å². The smallest absolute Gasteiger partial charge is 0.169 e. The van der Waals surface area contributed by atoms with Crippen LogP contribution >= 0.6 is 0 Å². The van der Waals surface area contributed by atoms with E-state index in [4.69, 9.17) is 4.42 Å². The van der Waals surface area contributed by atoms with Gasteiger partial charge in [0, 0.05) is 5.39 Å². The summed E-state index contributed by atoms with van der Waals surface area (Å²) in [5, 5.41) is 4.26. The molecule has 1 aromatic heterocycles. The van der Waals surface area contributed by atoms with Crippen LogP contribution in [0.5, 0.6) is 0 Å². The quantitative estimate of drug-likeness (QED) is 0.841. The van der Waals surface area contributed by atoms with Crippen LogP contribution in [0.2, 0.25) is 0 Å². The van der Waals surface area contributed by atoms with Crippen molar-refractivity contribution in [2.75, 3.05) is 7.05 Å². The molecule has 1 aromatic carbocycles. The second-order valence-corrected chi connectivity index (χ2v) is 6.18. The van der Waals surface area contributed by atoms with E-state index in [1.165, 1.54) is 51.0 Å². The molecule has 1 fully saturated rings. The summed E-state index contributed by atoms with van der Waals surface area (Å²) < 4.78 is 19.7. The topological polar surface area (TPSA) is 25.2 Å². The molecule has 3 heteroatoms. The van der Waals surface area contributed by atoms with E-state index in [0.29, 0.717) is 11.5 Å². The lowest BCUT2D eigenvalue weighted by atomic mass is 9.85. The van der Waals surface area contributed by atoms with E-state index in [-0.39, 0.29) is 11.9 Å². The van der Waals surface area contributed by atoms with Gasteiger partial charge in [0.25, 0.3) is 0 Å². The van der Waals surface area contributed by atoms with Crippen molar-refractivity contribution in [1.29, 1.82) is 0 Å². The number of hydrogen-bond donors (Lipinski definition) is 1. The zero-order valence-electron chi connectivity index (χ0n) is 12.7. The molecule has 3 rings (SSSR count). The summed E-state index contributed by atoms with van der Waals surface area (Å²) in [6.07, 6.45) is 9.07. The first-order chi connectivity index (χ1) is 10.3. The minimum absolute atomic E-state index is 0.190. The molecule has 0 spiro atoms. The summed E-state index contributed by atoms with van der Waals surface area (Å²) in [5.74, 6) is 1.19. The summed E-state index contributed by atoms with van der Waals surface area (Å²) in [6, 6.07) is 7.30. The van der Waals surface area contributed by atoms with Crippen molar-refractivity contribution in [3.05, 3.63) is 35.8 Å². The van der Waals surface area contributed by atoms with E-state index in [2.05, 4.69) is 5.32 Å². The number of benzene rings is 1. The number of hydrogen-bond acceptors (Lipinski definition) is 2. The van der Waals surface area contributed by atoms with Gasteiger partial charge in [-0.15, -0.1) is 0 Å². The standard InChI is InChI=1S/C18H24FNO/c1-20-17(13-8-5-3-2-4-6-9-13)16-12-14-10-7-11-15(19)18(14)21-16/h7,10-13,17,20H,2-6,8-9H2,1H3. The van der Waals surface area contributed by atoms with Crippen LogP contribution in [0.1, 0.15) is 56.7 Å². The van der Waals surface area contributed by atoms with Crippen molar-refractivity contribution >= 4 is 11.0 Å². The predicted molar refractivity (Wildman–Crippen MR) is 83.8 cm³/mol. The van der Waals surface area contributed by atoms with Crippen molar-refractivity contribution in [3.63, 3.8) is 0 Å². The molecule has 0 aliphatic heterocycles. The van der Waals surface area contributed by atoms with E-state index >= 15 is 0 Å². The second-order valence-electron chi connectivity index (χ2n) is 6.18. The molecule has 2 nitrogen and oxygen atoms in total. The highest BCUT2D eigenvalue weighted by Gasteiger charge is 2.25. The van der Waals surface area contributed by atoms with Gasteiger partial charge in [-0.05, 0) is 37.9 Å². The van der Waals surface area contributed by atoms with Crippen LogP contribution in [0.15, 0.2) is 28.7 Å². The Bertz CT molecular complexity index is 584. The van der Waals surface area contributed by atoms with Crippen molar-refractivity contribution < 1.29 is 8.81 Å². The highest BCUT2D eigenvalue weighted by atomic mass is 19.1. The van der Waals surface area contributed by atoms with Gasteiger partial charge in [-0.2, -0.15) is 0 Å². The number of para-hydroxylation sites is 1. The highest BCUT2D eigenvalue weighted by molar-refractivity contribution is 5.78. The van der Waals surface area contributed by atoms with Crippen LogP contribution in [-0.2, 0) is 0 Å². The van der Waals surface area contributed by atoms with E-state index in [9.17, 15) is 4.39 Å². The second kappa shape index (κ2) is 6.61. The summed E-state index contributed by atoms with van der Waals surface area (Å²) in [7, 11) is 1.98. The third-order valence-electron chi connectivity index (χ3n) is 4.75. The fourth-order valence-electron chi connectivity index (χ4n) is 3.63. The van der Waals surface area contributed by atoms with E-state index in [0.717, 1.165) is 11.1 Å². The molecule has 0 amide bonds. The molecule has 1 aliphatic rings. The number of rotatable bonds is 3. The first kappa shape index (κ1) is 14.6. The zero-order valence-corrected chi connectivity index (χ0v) is 12.7. The molecule has 0 saturated heterocycles. The highest BCUT2D eigenvalue weighted by Crippen LogP contribution is 2.35. The molecule has 1 saturated carbocycles. The SMILES string of the molecule is CNC(c1cc2cccc(F)c2o1)C1CCCCCCC1. The van der Waals surface area contributed by atoms with Crippen LogP contribution in [0, 0.1) is 11.7 Å². The third kappa shape index (κ3) is 3.13. The summed E-state index contributed by atoms with van der Waals surface area (Å²) in [6.45, 7) is 0. The first-order valence-electron chi connectivity index (χ1n) is 8.15. The number of nitrogens with one attached hydrogen (secondary N) is 1. The van der Waals surface area contributed by atoms with Crippen LogP contribution in [0.3, 0.4) is 0 Å². The van der Waals surface area contributed by atoms with Gasteiger partial charge in [0.2, 0.25) is 0 Å². The Labute approximate surface area is 125 Å². The Hall–Kier alpha value is -1.35. The minimum atomic E-state index is -0.272. The molecule has 1 N–H and O–H groups in total. The third-order valence-corrected chi connectivity index (χ3v) is 4.75. The minimum Gasteiger partial charge on any atom is -0.456 e. The van der Waals surface area contributed by atoms with Crippen molar-refractivity contribution in [2.24, 2.45) is 5.92 Å². The predicted octanol–water partition coefficient (Wildman–Crippen LogP) is 5.19. The Morgan fingerprint density at radius 2 is 1.86 bits per heavy atom. The lowest BCUT2D eigenvalue weighted by Gasteiger charge is -2.27. The molecular weight excluding hydrogens is 265 g/mol. The average molecular weight is 289 g/mol. The monoisotopic (exact) mass is 289 g/mol. The average Bonchev–Trinajstić information content (AvgIpc) is 2.87. The molecular formula is C18H24FNO. The van der Waals surface area contributed by atoms with Crippen LogP contribution < -0.4 is 5.32 Å². The Kier molecular flexibility index (Phi) is 4.59. The fraction of sp³-hybridized carbons (Fsp3) is 0.556. The first-order valence-corrected chi connectivity index (χ1v) is 8.15. The van der Waals surface area contributed by atoms with E-state index in [1.54, 1.807) is 6.07 Å². The maximum atomic E-state index is 13.8. The molecule has 2 aromatic rings. The molecule has 1 atom stereocenters. The summed E-state index contributed by atoms with van der Waals surface area (Å²) in [5.41, 5.74) is 0.388. The molecule has 1 unspecified atom stereocenters. The lowest BCUT2D eigenvalue weighted by Crippen LogP contribution is -2.25. The Balaban J connectivity index is 1.87. The van der Waals surface area contributed by atoms with Gasteiger partial charge in [0.05, 0.1) is 6.04 Å². The largest absolute Gasteiger partial charge is 0.456 e. The van der Waals surface area contributed by atoms with Crippen molar-refractivity contribution in [3.8, 4) is 0 Å². The van der Waals surface area contributed by atoms with E-state index in [1.807, 2.05) is 19.2 Å². The lowest BCUT2D eigenvalue weighted by molar-refractivity contribution is 0.271. The van der Waals surface area contributed by atoms with Crippen LogP contribution in [0.4, 0.5) is 4.39 Å². The van der Waals surface area contributed by atoms with E-state index < -0.39 is 0 Å². The molecule has 21 heavy (non-hydrogen) atoms. The van der Waals surface area contributed by atoms with Gasteiger partial charge < -0.3 is 9.73 Å².